The van der Waals surface area contributed by atoms with Crippen LogP contribution in [0.15, 0.2) is 78.4 Å². The Kier molecular flexibility index (Phi) is 4.73. The summed E-state index contributed by atoms with van der Waals surface area (Å²) in [6.07, 6.45) is 1.58. The molecule has 0 atom stereocenters. The molecule has 0 radical (unpaired) electrons. The number of thiocarbonyl (C=S) groups is 1. The summed E-state index contributed by atoms with van der Waals surface area (Å²) in [6, 6.07) is 22.1. The zero-order valence-corrected chi connectivity index (χ0v) is 17.6. The summed E-state index contributed by atoms with van der Waals surface area (Å²) in [7, 11) is 0. The molecule has 5 rings (SSSR count). The molecule has 1 aliphatic rings. The summed E-state index contributed by atoms with van der Waals surface area (Å²) in [4.78, 5) is 31.9. The lowest BCUT2D eigenvalue weighted by Gasteiger charge is -2.29. The molecule has 0 aliphatic carbocycles. The van der Waals surface area contributed by atoms with E-state index >= 15 is 0 Å². The molecule has 1 N–H and O–H groups in total. The lowest BCUT2D eigenvalue weighted by atomic mass is 10.0. The second-order valence-electron chi connectivity index (χ2n) is 7.03. The molecular weight excluding hydrogens is 430 g/mol. The van der Waals surface area contributed by atoms with Crippen LogP contribution in [0.25, 0.3) is 27.9 Å². The van der Waals surface area contributed by atoms with E-state index in [9.17, 15) is 9.59 Å². The molecule has 5 nitrogen and oxygen atoms in total. The lowest BCUT2D eigenvalue weighted by molar-refractivity contribution is -0.122. The molecule has 1 aliphatic heterocycles. The maximum absolute atomic E-state index is 13.2. The van der Waals surface area contributed by atoms with Crippen molar-refractivity contribution < 1.29 is 9.59 Å². The number of carbonyl (C=O) groups excluding carboxylic acids is 2. The second-order valence-corrected chi connectivity index (χ2v) is 7.85. The molecule has 0 unspecified atom stereocenters. The van der Waals surface area contributed by atoms with E-state index in [0.717, 1.165) is 27.4 Å². The number of benzene rings is 3. The molecule has 1 fully saturated rings. The fourth-order valence-electron chi connectivity index (χ4n) is 3.59. The number of carbonyl (C=O) groups is 2. The Hall–Kier alpha value is -3.61. The Bertz CT molecular complexity index is 1430. The van der Waals surface area contributed by atoms with Crippen LogP contribution in [-0.4, -0.2) is 21.9 Å². The number of pyridine rings is 1. The van der Waals surface area contributed by atoms with E-state index in [1.807, 2.05) is 48.5 Å². The molecule has 0 saturated carbocycles. The highest BCUT2D eigenvalue weighted by Gasteiger charge is 2.34. The van der Waals surface area contributed by atoms with Crippen LogP contribution in [0.1, 0.15) is 5.56 Å². The molecule has 0 spiro atoms. The average Bonchev–Trinajstić information content (AvgIpc) is 2.76. The van der Waals surface area contributed by atoms with Gasteiger partial charge >= 0.3 is 0 Å². The molecule has 1 aromatic heterocycles. The monoisotopic (exact) mass is 443 g/mol. The number of aromatic nitrogens is 1. The van der Waals surface area contributed by atoms with Gasteiger partial charge in [0.15, 0.2) is 5.11 Å². The largest absolute Gasteiger partial charge is 0.298 e. The van der Waals surface area contributed by atoms with Crippen molar-refractivity contribution in [2.24, 2.45) is 0 Å². The van der Waals surface area contributed by atoms with Gasteiger partial charge in [-0.05, 0) is 66.3 Å². The minimum absolute atomic E-state index is 0.00999. The lowest BCUT2D eigenvalue weighted by Crippen LogP contribution is -2.54. The summed E-state index contributed by atoms with van der Waals surface area (Å²) in [5.74, 6) is -1.03. The maximum atomic E-state index is 13.2. The predicted molar refractivity (Wildman–Crippen MR) is 127 cm³/mol. The Balaban J connectivity index is 1.63. The first-order valence-electron chi connectivity index (χ1n) is 9.47. The zero-order valence-electron chi connectivity index (χ0n) is 16.0. The van der Waals surface area contributed by atoms with Gasteiger partial charge in [0, 0.05) is 15.8 Å². The number of hydrogen-bond donors (Lipinski definition) is 1. The number of anilines is 1. The van der Waals surface area contributed by atoms with Crippen LogP contribution in [-0.2, 0) is 9.59 Å². The number of nitrogens with one attached hydrogen (secondary N) is 1. The van der Waals surface area contributed by atoms with Gasteiger partial charge in [-0.15, -0.1) is 0 Å². The molecule has 2 heterocycles. The highest BCUT2D eigenvalue weighted by Crippen LogP contribution is 2.27. The first-order chi connectivity index (χ1) is 15.0. The number of halogens is 1. The van der Waals surface area contributed by atoms with E-state index in [1.54, 1.807) is 30.3 Å². The van der Waals surface area contributed by atoms with Crippen LogP contribution in [0.3, 0.4) is 0 Å². The van der Waals surface area contributed by atoms with Crippen molar-refractivity contribution >= 4 is 74.3 Å². The van der Waals surface area contributed by atoms with E-state index in [1.165, 1.54) is 4.90 Å². The maximum Gasteiger partial charge on any atom is 0.270 e. The molecular formula is C24H14ClN3O2S. The Morgan fingerprint density at radius 2 is 1.68 bits per heavy atom. The van der Waals surface area contributed by atoms with E-state index in [0.29, 0.717) is 10.7 Å². The van der Waals surface area contributed by atoms with Crippen molar-refractivity contribution in [1.82, 2.24) is 10.3 Å². The van der Waals surface area contributed by atoms with Gasteiger partial charge in [-0.3, -0.25) is 19.8 Å². The molecule has 7 heteroatoms. The highest BCUT2D eigenvalue weighted by atomic mass is 35.5. The van der Waals surface area contributed by atoms with Crippen LogP contribution in [0.5, 0.6) is 0 Å². The van der Waals surface area contributed by atoms with Crippen molar-refractivity contribution in [3.05, 3.63) is 89.0 Å². The van der Waals surface area contributed by atoms with Crippen molar-refractivity contribution in [3.63, 3.8) is 0 Å². The molecule has 150 valence electrons. The Labute approximate surface area is 187 Å². The van der Waals surface area contributed by atoms with Crippen LogP contribution in [0, 0.1) is 0 Å². The normalized spacial score (nSPS) is 15.7. The fourth-order valence-corrected chi connectivity index (χ4v) is 3.99. The first-order valence-corrected chi connectivity index (χ1v) is 10.3. The Morgan fingerprint density at radius 3 is 2.48 bits per heavy atom. The van der Waals surface area contributed by atoms with Gasteiger partial charge in [-0.2, -0.15) is 0 Å². The minimum atomic E-state index is -0.536. The van der Waals surface area contributed by atoms with Gasteiger partial charge in [-0.25, -0.2) is 4.98 Å². The third-order valence-electron chi connectivity index (χ3n) is 5.08. The summed E-state index contributed by atoms with van der Waals surface area (Å²) >= 11 is 11.2. The number of hydrogen-bond acceptors (Lipinski definition) is 4. The number of amides is 2. The van der Waals surface area contributed by atoms with Gasteiger partial charge < -0.3 is 0 Å². The standard InChI is InChI=1S/C24H14ClN3O2S/c25-16-8-10-17(11-9-16)28-23(30)19(22(29)27-24(28)31)12-14-5-3-7-21-18(14)13-15-4-1-2-6-20(15)26-21/h1-13H,(H,27,29,31)/b19-12-. The van der Waals surface area contributed by atoms with Crippen molar-refractivity contribution in [1.29, 1.82) is 0 Å². The first kappa shape index (κ1) is 19.4. The number of nitrogens with zero attached hydrogens (tertiary/aromatic N) is 2. The smallest absolute Gasteiger partial charge is 0.270 e. The number of rotatable bonds is 2. The number of para-hydroxylation sites is 1. The van der Waals surface area contributed by atoms with Gasteiger partial charge in [-0.1, -0.05) is 41.9 Å². The van der Waals surface area contributed by atoms with Crippen molar-refractivity contribution in [2.75, 3.05) is 4.90 Å². The van der Waals surface area contributed by atoms with E-state index in [4.69, 9.17) is 28.8 Å². The molecule has 31 heavy (non-hydrogen) atoms. The third kappa shape index (κ3) is 3.46. The summed E-state index contributed by atoms with van der Waals surface area (Å²) in [6.45, 7) is 0. The zero-order chi connectivity index (χ0) is 21.5. The fraction of sp³-hybridized carbons (Fsp3) is 0. The summed E-state index contributed by atoms with van der Waals surface area (Å²) < 4.78 is 0. The van der Waals surface area contributed by atoms with E-state index < -0.39 is 11.8 Å². The van der Waals surface area contributed by atoms with Crippen molar-refractivity contribution in [2.45, 2.75) is 0 Å². The molecule has 0 bridgehead atoms. The molecule has 4 aromatic rings. The quantitative estimate of drug-likeness (QED) is 0.208. The van der Waals surface area contributed by atoms with E-state index in [-0.39, 0.29) is 10.7 Å². The van der Waals surface area contributed by atoms with Crippen LogP contribution >= 0.6 is 23.8 Å². The molecule has 2 amide bonds. The van der Waals surface area contributed by atoms with Crippen LogP contribution in [0.2, 0.25) is 5.02 Å². The number of fused-ring (bicyclic) bond motifs is 2. The minimum Gasteiger partial charge on any atom is -0.298 e. The molecule has 1 saturated heterocycles. The average molecular weight is 444 g/mol. The third-order valence-corrected chi connectivity index (χ3v) is 5.62. The van der Waals surface area contributed by atoms with Gasteiger partial charge in [0.1, 0.15) is 5.57 Å². The van der Waals surface area contributed by atoms with Crippen LogP contribution < -0.4 is 10.2 Å². The highest BCUT2D eigenvalue weighted by molar-refractivity contribution is 7.80. The topological polar surface area (TPSA) is 62.3 Å². The van der Waals surface area contributed by atoms with Gasteiger partial charge in [0.2, 0.25) is 0 Å². The van der Waals surface area contributed by atoms with Crippen LogP contribution in [0.4, 0.5) is 5.69 Å². The SMILES string of the molecule is O=C1NC(=S)N(c2ccc(Cl)cc2)C(=O)/C1=C\c1cccc2nc3ccccc3cc12. The van der Waals surface area contributed by atoms with E-state index in [2.05, 4.69) is 5.32 Å². The second kappa shape index (κ2) is 7.58. The van der Waals surface area contributed by atoms with Gasteiger partial charge in [0.05, 0.1) is 16.7 Å². The van der Waals surface area contributed by atoms with Gasteiger partial charge in [0.25, 0.3) is 11.8 Å². The Morgan fingerprint density at radius 1 is 0.935 bits per heavy atom. The summed E-state index contributed by atoms with van der Waals surface area (Å²) in [5, 5.41) is 4.99. The predicted octanol–water partition coefficient (Wildman–Crippen LogP) is 4.87. The molecule has 3 aromatic carbocycles. The van der Waals surface area contributed by atoms with Crippen molar-refractivity contribution in [3.8, 4) is 0 Å². The summed E-state index contributed by atoms with van der Waals surface area (Å²) in [5.41, 5.74) is 2.89.